The molecule has 0 aliphatic heterocycles. The molecule has 90 valence electrons. The highest BCUT2D eigenvalue weighted by molar-refractivity contribution is 5.84. The standard InChI is InChI=1S/C13H15NO3/c1-8-5-10(6-9(2)11(8)17-4)13(3,7-14)12(15)16/h5-6H,1-4H3,(H,15,16). The van der Waals surface area contributed by atoms with Crippen molar-refractivity contribution in [2.24, 2.45) is 0 Å². The summed E-state index contributed by atoms with van der Waals surface area (Å²) in [6.45, 7) is 5.06. The number of carbonyl (C=O) groups is 1. The van der Waals surface area contributed by atoms with Gasteiger partial charge in [0, 0.05) is 0 Å². The molecule has 4 nitrogen and oxygen atoms in total. The number of carboxylic acids is 1. The fourth-order valence-electron chi connectivity index (χ4n) is 1.80. The molecule has 0 amide bonds. The van der Waals surface area contributed by atoms with E-state index in [-0.39, 0.29) is 0 Å². The average Bonchev–Trinajstić information content (AvgIpc) is 2.27. The molecule has 4 heteroatoms. The number of methoxy groups -OCH3 is 1. The molecule has 0 saturated carbocycles. The Morgan fingerprint density at radius 3 is 2.18 bits per heavy atom. The largest absolute Gasteiger partial charge is 0.496 e. The highest BCUT2D eigenvalue weighted by Gasteiger charge is 2.36. The lowest BCUT2D eigenvalue weighted by molar-refractivity contribution is -0.141. The SMILES string of the molecule is COc1c(C)cc(C(C)(C#N)C(=O)O)cc1C. The van der Waals surface area contributed by atoms with Crippen LogP contribution >= 0.6 is 0 Å². The van der Waals surface area contributed by atoms with Crippen molar-refractivity contribution in [3.8, 4) is 11.8 Å². The normalized spacial score (nSPS) is 13.6. The van der Waals surface area contributed by atoms with Crippen molar-refractivity contribution in [1.82, 2.24) is 0 Å². The summed E-state index contributed by atoms with van der Waals surface area (Å²) in [4.78, 5) is 11.2. The van der Waals surface area contributed by atoms with Gasteiger partial charge >= 0.3 is 5.97 Å². The quantitative estimate of drug-likeness (QED) is 0.868. The van der Waals surface area contributed by atoms with Crippen molar-refractivity contribution in [3.63, 3.8) is 0 Å². The number of carboxylic acid groups (broad SMARTS) is 1. The topological polar surface area (TPSA) is 70.3 Å². The Hall–Kier alpha value is -2.02. The second-order valence-corrected chi connectivity index (χ2v) is 4.19. The molecule has 1 unspecified atom stereocenters. The molecule has 1 atom stereocenters. The smallest absolute Gasteiger partial charge is 0.328 e. The van der Waals surface area contributed by atoms with Gasteiger partial charge in [-0.15, -0.1) is 0 Å². The number of aryl methyl sites for hydroxylation is 2. The van der Waals surface area contributed by atoms with E-state index < -0.39 is 11.4 Å². The molecule has 0 aliphatic carbocycles. The first-order valence-electron chi connectivity index (χ1n) is 5.17. The minimum Gasteiger partial charge on any atom is -0.496 e. The Balaban J connectivity index is 3.45. The van der Waals surface area contributed by atoms with Gasteiger partial charge < -0.3 is 9.84 Å². The van der Waals surface area contributed by atoms with Gasteiger partial charge in [-0.1, -0.05) is 12.1 Å². The zero-order valence-electron chi connectivity index (χ0n) is 10.4. The van der Waals surface area contributed by atoms with Crippen molar-refractivity contribution in [2.75, 3.05) is 7.11 Å². The summed E-state index contributed by atoms with van der Waals surface area (Å²) in [6.07, 6.45) is 0. The van der Waals surface area contributed by atoms with Gasteiger partial charge in [0.2, 0.25) is 0 Å². The zero-order valence-corrected chi connectivity index (χ0v) is 10.4. The van der Waals surface area contributed by atoms with Gasteiger partial charge in [0.15, 0.2) is 5.41 Å². The van der Waals surface area contributed by atoms with Crippen LogP contribution in [0.5, 0.6) is 5.75 Å². The summed E-state index contributed by atoms with van der Waals surface area (Å²) in [6, 6.07) is 5.21. The summed E-state index contributed by atoms with van der Waals surface area (Å²) < 4.78 is 5.21. The van der Waals surface area contributed by atoms with Crippen LogP contribution in [0.2, 0.25) is 0 Å². The van der Waals surface area contributed by atoms with Gasteiger partial charge in [0.25, 0.3) is 0 Å². The first-order chi connectivity index (χ1) is 7.86. The van der Waals surface area contributed by atoms with E-state index in [0.29, 0.717) is 5.56 Å². The highest BCUT2D eigenvalue weighted by atomic mass is 16.5. The number of nitrogens with zero attached hydrogens (tertiary/aromatic N) is 1. The van der Waals surface area contributed by atoms with Gasteiger partial charge in [0.05, 0.1) is 13.2 Å². The van der Waals surface area contributed by atoms with Crippen molar-refractivity contribution in [3.05, 3.63) is 28.8 Å². The Morgan fingerprint density at radius 2 is 1.88 bits per heavy atom. The van der Waals surface area contributed by atoms with E-state index >= 15 is 0 Å². The van der Waals surface area contributed by atoms with Gasteiger partial charge in [-0.2, -0.15) is 5.26 Å². The molecule has 1 aromatic rings. The second kappa shape index (κ2) is 4.46. The second-order valence-electron chi connectivity index (χ2n) is 4.19. The lowest BCUT2D eigenvalue weighted by Crippen LogP contribution is -2.30. The van der Waals surface area contributed by atoms with Crippen LogP contribution in [0.3, 0.4) is 0 Å². The zero-order chi connectivity index (χ0) is 13.2. The van der Waals surface area contributed by atoms with E-state index in [1.54, 1.807) is 19.2 Å². The number of nitriles is 1. The van der Waals surface area contributed by atoms with Crippen LogP contribution in [0.4, 0.5) is 0 Å². The first kappa shape index (κ1) is 13.0. The maximum atomic E-state index is 11.2. The van der Waals surface area contributed by atoms with Crippen LogP contribution in [-0.2, 0) is 10.2 Å². The maximum Gasteiger partial charge on any atom is 0.328 e. The minimum atomic E-state index is -1.53. The number of hydrogen-bond donors (Lipinski definition) is 1. The summed E-state index contributed by atoms with van der Waals surface area (Å²) >= 11 is 0. The van der Waals surface area contributed by atoms with E-state index in [0.717, 1.165) is 16.9 Å². The average molecular weight is 233 g/mol. The number of benzene rings is 1. The third-order valence-electron chi connectivity index (χ3n) is 2.89. The van der Waals surface area contributed by atoms with Crippen molar-refractivity contribution in [2.45, 2.75) is 26.2 Å². The maximum absolute atomic E-state index is 11.2. The van der Waals surface area contributed by atoms with Gasteiger partial charge in [-0.3, -0.25) is 4.79 Å². The molecule has 0 aromatic heterocycles. The minimum absolute atomic E-state index is 0.475. The van der Waals surface area contributed by atoms with Gasteiger partial charge in [-0.05, 0) is 37.5 Å². The van der Waals surface area contributed by atoms with E-state index in [4.69, 9.17) is 15.1 Å². The van der Waals surface area contributed by atoms with Gasteiger partial charge in [-0.25, -0.2) is 0 Å². The highest BCUT2D eigenvalue weighted by Crippen LogP contribution is 2.31. The lowest BCUT2D eigenvalue weighted by Gasteiger charge is -2.19. The molecule has 0 bridgehead atoms. The fraction of sp³-hybridized carbons (Fsp3) is 0.385. The Morgan fingerprint density at radius 1 is 1.41 bits per heavy atom. The Kier molecular flexibility index (Phi) is 3.42. The fourth-order valence-corrected chi connectivity index (χ4v) is 1.80. The Bertz CT molecular complexity index is 479. The number of hydrogen-bond acceptors (Lipinski definition) is 3. The van der Waals surface area contributed by atoms with E-state index in [1.807, 2.05) is 19.9 Å². The monoisotopic (exact) mass is 233 g/mol. The molecule has 1 N–H and O–H groups in total. The molecule has 0 heterocycles. The number of ether oxygens (including phenoxy) is 1. The number of aliphatic carboxylic acids is 1. The predicted octanol–water partition coefficient (Wildman–Crippen LogP) is 2.18. The summed E-state index contributed by atoms with van der Waals surface area (Å²) in [5.74, 6) is -0.427. The molecule has 17 heavy (non-hydrogen) atoms. The van der Waals surface area contributed by atoms with Crippen LogP contribution < -0.4 is 4.74 Å². The molecule has 0 spiro atoms. The molecule has 0 radical (unpaired) electrons. The molecule has 0 fully saturated rings. The van der Waals surface area contributed by atoms with E-state index in [9.17, 15) is 4.79 Å². The van der Waals surface area contributed by atoms with Gasteiger partial charge in [0.1, 0.15) is 5.75 Å². The number of rotatable bonds is 3. The van der Waals surface area contributed by atoms with E-state index in [2.05, 4.69) is 0 Å². The van der Waals surface area contributed by atoms with Crippen LogP contribution in [0.1, 0.15) is 23.6 Å². The molecule has 1 aromatic carbocycles. The molecule has 0 saturated heterocycles. The molecular formula is C13H15NO3. The van der Waals surface area contributed by atoms with Crippen molar-refractivity contribution >= 4 is 5.97 Å². The molecule has 1 rings (SSSR count). The lowest BCUT2D eigenvalue weighted by atomic mass is 9.82. The van der Waals surface area contributed by atoms with Crippen LogP contribution in [-0.4, -0.2) is 18.2 Å². The van der Waals surface area contributed by atoms with Crippen molar-refractivity contribution in [1.29, 1.82) is 5.26 Å². The van der Waals surface area contributed by atoms with Crippen molar-refractivity contribution < 1.29 is 14.6 Å². The Labute approximate surface area is 100 Å². The molecular weight excluding hydrogens is 218 g/mol. The van der Waals surface area contributed by atoms with E-state index in [1.165, 1.54) is 6.92 Å². The van der Waals surface area contributed by atoms with Crippen LogP contribution in [0, 0.1) is 25.2 Å². The summed E-state index contributed by atoms with van der Waals surface area (Å²) in [5.41, 5.74) is 0.598. The first-order valence-corrected chi connectivity index (χ1v) is 5.17. The predicted molar refractivity (Wildman–Crippen MR) is 63.1 cm³/mol. The summed E-state index contributed by atoms with van der Waals surface area (Å²) in [5, 5.41) is 18.2. The molecule has 0 aliphatic rings. The van der Waals surface area contributed by atoms with Crippen LogP contribution in [0.15, 0.2) is 12.1 Å². The van der Waals surface area contributed by atoms with Crippen LogP contribution in [0.25, 0.3) is 0 Å². The third kappa shape index (κ3) is 2.09. The third-order valence-corrected chi connectivity index (χ3v) is 2.89. The summed E-state index contributed by atoms with van der Waals surface area (Å²) in [7, 11) is 1.57.